The molecule has 0 aliphatic carbocycles. The SMILES string of the molecule is CN1CCN(CCCN2CCCN(c3ccccc3)CC2)CC1. The molecule has 0 spiro atoms. The third kappa shape index (κ3) is 5.20. The summed E-state index contributed by atoms with van der Waals surface area (Å²) in [5.74, 6) is 0. The van der Waals surface area contributed by atoms with Crippen LogP contribution in [0.3, 0.4) is 0 Å². The first kappa shape index (κ1) is 16.7. The molecule has 2 aliphatic rings. The lowest BCUT2D eigenvalue weighted by atomic mass is 10.3. The van der Waals surface area contributed by atoms with Crippen LogP contribution in [0.5, 0.6) is 0 Å². The summed E-state index contributed by atoms with van der Waals surface area (Å²) in [6, 6.07) is 10.9. The van der Waals surface area contributed by atoms with Crippen molar-refractivity contribution >= 4 is 5.69 Å². The van der Waals surface area contributed by atoms with Crippen molar-refractivity contribution in [3.63, 3.8) is 0 Å². The van der Waals surface area contributed by atoms with E-state index in [0.29, 0.717) is 0 Å². The van der Waals surface area contributed by atoms with Gasteiger partial charge in [0.25, 0.3) is 0 Å². The minimum Gasteiger partial charge on any atom is -0.370 e. The Morgan fingerprint density at radius 2 is 1.39 bits per heavy atom. The number of likely N-dealkylation sites (N-methyl/N-ethyl adjacent to an activating group) is 1. The molecule has 2 heterocycles. The molecule has 2 aliphatic heterocycles. The Bertz CT molecular complexity index is 442. The first-order chi connectivity index (χ1) is 11.3. The number of hydrogen-bond acceptors (Lipinski definition) is 4. The molecule has 0 radical (unpaired) electrons. The van der Waals surface area contributed by atoms with E-state index in [0.717, 1.165) is 0 Å². The van der Waals surface area contributed by atoms with E-state index in [1.54, 1.807) is 0 Å². The van der Waals surface area contributed by atoms with Crippen LogP contribution in [0.2, 0.25) is 0 Å². The fraction of sp³-hybridized carbons (Fsp3) is 0.684. The van der Waals surface area contributed by atoms with Crippen LogP contribution in [-0.4, -0.2) is 87.2 Å². The van der Waals surface area contributed by atoms with Crippen molar-refractivity contribution in [2.24, 2.45) is 0 Å². The van der Waals surface area contributed by atoms with E-state index in [2.05, 4.69) is 57.0 Å². The smallest absolute Gasteiger partial charge is 0.0366 e. The maximum atomic E-state index is 2.67. The second-order valence-electron chi connectivity index (χ2n) is 7.02. The lowest BCUT2D eigenvalue weighted by molar-refractivity contribution is 0.146. The largest absolute Gasteiger partial charge is 0.370 e. The number of piperazine rings is 1. The first-order valence-electron chi connectivity index (χ1n) is 9.24. The standard InChI is InChI=1S/C19H32N4/c1-20-13-15-22(16-14-20)10-5-9-21-11-6-12-23(18-17-21)19-7-3-2-4-8-19/h2-4,7-8H,5-6,9-18H2,1H3. The van der Waals surface area contributed by atoms with Crippen molar-refractivity contribution in [2.45, 2.75) is 12.8 Å². The van der Waals surface area contributed by atoms with Gasteiger partial charge in [-0.15, -0.1) is 0 Å². The fourth-order valence-corrected chi connectivity index (χ4v) is 3.68. The molecular weight excluding hydrogens is 284 g/mol. The number of hydrogen-bond donors (Lipinski definition) is 0. The third-order valence-corrected chi connectivity index (χ3v) is 5.25. The zero-order valence-electron chi connectivity index (χ0n) is 14.7. The topological polar surface area (TPSA) is 13.0 Å². The maximum absolute atomic E-state index is 2.67. The Morgan fingerprint density at radius 3 is 2.13 bits per heavy atom. The number of benzene rings is 1. The Morgan fingerprint density at radius 1 is 0.739 bits per heavy atom. The molecule has 0 atom stereocenters. The number of para-hydroxylation sites is 1. The van der Waals surface area contributed by atoms with Gasteiger partial charge in [0.2, 0.25) is 0 Å². The van der Waals surface area contributed by atoms with Crippen LogP contribution < -0.4 is 4.90 Å². The van der Waals surface area contributed by atoms with Crippen LogP contribution in [-0.2, 0) is 0 Å². The van der Waals surface area contributed by atoms with Gasteiger partial charge in [-0.3, -0.25) is 0 Å². The van der Waals surface area contributed by atoms with Gasteiger partial charge in [0.15, 0.2) is 0 Å². The van der Waals surface area contributed by atoms with Crippen molar-refractivity contribution in [3.05, 3.63) is 30.3 Å². The van der Waals surface area contributed by atoms with Gasteiger partial charge >= 0.3 is 0 Å². The summed E-state index contributed by atoms with van der Waals surface area (Å²) in [4.78, 5) is 10.3. The minimum atomic E-state index is 1.17. The summed E-state index contributed by atoms with van der Waals surface area (Å²) in [6.07, 6.45) is 2.60. The van der Waals surface area contributed by atoms with Crippen LogP contribution in [0.25, 0.3) is 0 Å². The molecule has 4 heteroatoms. The highest BCUT2D eigenvalue weighted by molar-refractivity contribution is 5.46. The molecule has 23 heavy (non-hydrogen) atoms. The van der Waals surface area contributed by atoms with Crippen molar-refractivity contribution in [3.8, 4) is 0 Å². The molecule has 3 rings (SSSR count). The molecule has 1 aromatic carbocycles. The van der Waals surface area contributed by atoms with Crippen molar-refractivity contribution < 1.29 is 0 Å². The van der Waals surface area contributed by atoms with Gasteiger partial charge in [0, 0.05) is 51.5 Å². The quantitative estimate of drug-likeness (QED) is 0.822. The van der Waals surface area contributed by atoms with Gasteiger partial charge in [-0.25, -0.2) is 0 Å². The highest BCUT2D eigenvalue weighted by atomic mass is 15.3. The van der Waals surface area contributed by atoms with Gasteiger partial charge in [0.05, 0.1) is 0 Å². The maximum Gasteiger partial charge on any atom is 0.0366 e. The predicted octanol–water partition coefficient (Wildman–Crippen LogP) is 1.84. The van der Waals surface area contributed by atoms with Gasteiger partial charge in [0.1, 0.15) is 0 Å². The average molecular weight is 316 g/mol. The summed E-state index contributed by atoms with van der Waals surface area (Å²) in [5, 5.41) is 0. The van der Waals surface area contributed by atoms with Crippen LogP contribution in [0.1, 0.15) is 12.8 Å². The molecule has 0 N–H and O–H groups in total. The molecule has 0 aromatic heterocycles. The van der Waals surface area contributed by atoms with Gasteiger partial charge in [-0.1, -0.05) is 18.2 Å². The summed E-state index contributed by atoms with van der Waals surface area (Å²) >= 11 is 0. The van der Waals surface area contributed by atoms with Crippen LogP contribution in [0.4, 0.5) is 5.69 Å². The Balaban J connectivity index is 1.37. The van der Waals surface area contributed by atoms with E-state index in [4.69, 9.17) is 0 Å². The Labute approximate surface area is 141 Å². The number of rotatable bonds is 5. The average Bonchev–Trinajstić information content (AvgIpc) is 2.83. The van der Waals surface area contributed by atoms with Crippen LogP contribution >= 0.6 is 0 Å². The molecule has 0 saturated carbocycles. The van der Waals surface area contributed by atoms with E-state index in [-0.39, 0.29) is 0 Å². The van der Waals surface area contributed by atoms with Gasteiger partial charge in [-0.05, 0) is 51.7 Å². The molecule has 2 saturated heterocycles. The predicted molar refractivity (Wildman–Crippen MR) is 98.3 cm³/mol. The van der Waals surface area contributed by atoms with Crippen molar-refractivity contribution in [1.82, 2.24) is 14.7 Å². The van der Waals surface area contributed by atoms with Gasteiger partial charge < -0.3 is 19.6 Å². The van der Waals surface area contributed by atoms with Crippen molar-refractivity contribution in [1.29, 1.82) is 0 Å². The summed E-state index contributed by atoms with van der Waals surface area (Å²) in [5.41, 5.74) is 1.38. The van der Waals surface area contributed by atoms with Gasteiger partial charge in [-0.2, -0.15) is 0 Å². The summed E-state index contributed by atoms with van der Waals surface area (Å²) in [6.45, 7) is 12.3. The molecule has 0 unspecified atom stereocenters. The molecule has 2 fully saturated rings. The minimum absolute atomic E-state index is 1.17. The Kier molecular flexibility index (Phi) is 6.31. The zero-order valence-corrected chi connectivity index (χ0v) is 14.7. The number of anilines is 1. The number of nitrogens with zero attached hydrogens (tertiary/aromatic N) is 4. The third-order valence-electron chi connectivity index (χ3n) is 5.25. The lowest BCUT2D eigenvalue weighted by Crippen LogP contribution is -2.45. The first-order valence-corrected chi connectivity index (χ1v) is 9.24. The zero-order chi connectivity index (χ0) is 15.9. The fourth-order valence-electron chi connectivity index (χ4n) is 3.68. The second kappa shape index (κ2) is 8.67. The van der Waals surface area contributed by atoms with Crippen LogP contribution in [0, 0.1) is 0 Å². The van der Waals surface area contributed by atoms with E-state index in [1.165, 1.54) is 84.0 Å². The van der Waals surface area contributed by atoms with Crippen molar-refractivity contribution in [2.75, 3.05) is 77.4 Å². The van der Waals surface area contributed by atoms with E-state index in [1.807, 2.05) is 0 Å². The molecule has 128 valence electrons. The lowest BCUT2D eigenvalue weighted by Gasteiger charge is -2.32. The monoisotopic (exact) mass is 316 g/mol. The normalized spacial score (nSPS) is 22.2. The highest BCUT2D eigenvalue weighted by Crippen LogP contribution is 2.15. The summed E-state index contributed by atoms with van der Waals surface area (Å²) < 4.78 is 0. The highest BCUT2D eigenvalue weighted by Gasteiger charge is 2.16. The van der Waals surface area contributed by atoms with E-state index >= 15 is 0 Å². The molecular formula is C19H32N4. The van der Waals surface area contributed by atoms with E-state index in [9.17, 15) is 0 Å². The molecule has 1 aromatic rings. The second-order valence-corrected chi connectivity index (χ2v) is 7.02. The molecule has 0 amide bonds. The van der Waals surface area contributed by atoms with Crippen LogP contribution in [0.15, 0.2) is 30.3 Å². The molecule has 4 nitrogen and oxygen atoms in total. The summed E-state index contributed by atoms with van der Waals surface area (Å²) in [7, 11) is 2.23. The molecule has 0 bridgehead atoms. The van der Waals surface area contributed by atoms with E-state index < -0.39 is 0 Å². The Hall–Kier alpha value is -1.10.